The highest BCUT2D eigenvalue weighted by Crippen LogP contribution is 2.23. The van der Waals surface area contributed by atoms with Gasteiger partial charge < -0.3 is 15.4 Å². The third kappa shape index (κ3) is 5.00. The lowest BCUT2D eigenvalue weighted by molar-refractivity contribution is -0.115. The van der Waals surface area contributed by atoms with Crippen molar-refractivity contribution in [3.8, 4) is 0 Å². The molecule has 1 amide bonds. The lowest BCUT2D eigenvalue weighted by Gasteiger charge is -2.13. The Kier molecular flexibility index (Phi) is 5.50. The Morgan fingerprint density at radius 2 is 2.16 bits per heavy atom. The van der Waals surface area contributed by atoms with Gasteiger partial charge in [0.1, 0.15) is 5.82 Å². The lowest BCUT2D eigenvalue weighted by atomic mass is 9.92. The fraction of sp³-hybridized carbons (Fsp3) is 0.692. The van der Waals surface area contributed by atoms with Crippen molar-refractivity contribution >= 4 is 11.7 Å². The van der Waals surface area contributed by atoms with E-state index in [9.17, 15) is 4.79 Å². The van der Waals surface area contributed by atoms with E-state index in [1.54, 1.807) is 11.8 Å². The van der Waals surface area contributed by atoms with Crippen LogP contribution in [0.3, 0.4) is 0 Å². The largest absolute Gasteiger partial charge is 0.383 e. The maximum atomic E-state index is 11.7. The summed E-state index contributed by atoms with van der Waals surface area (Å²) < 4.78 is 6.58. The SMILES string of the molecule is COCCNCC(=O)Nc1cc(C(C)(C)C)nn1C. The number of nitrogens with one attached hydrogen (secondary N) is 2. The molecule has 19 heavy (non-hydrogen) atoms. The summed E-state index contributed by atoms with van der Waals surface area (Å²) in [5.41, 5.74) is 0.926. The molecule has 1 aromatic heterocycles. The zero-order valence-electron chi connectivity index (χ0n) is 12.4. The summed E-state index contributed by atoms with van der Waals surface area (Å²) in [6.07, 6.45) is 0. The first-order chi connectivity index (χ1) is 8.84. The Morgan fingerprint density at radius 1 is 1.47 bits per heavy atom. The first-order valence-corrected chi connectivity index (χ1v) is 6.38. The fourth-order valence-electron chi connectivity index (χ4n) is 1.51. The number of rotatable bonds is 6. The molecule has 0 aliphatic carbocycles. The molecule has 0 bridgehead atoms. The van der Waals surface area contributed by atoms with Crippen molar-refractivity contribution in [3.63, 3.8) is 0 Å². The van der Waals surface area contributed by atoms with E-state index in [4.69, 9.17) is 4.74 Å². The predicted molar refractivity (Wildman–Crippen MR) is 75.3 cm³/mol. The van der Waals surface area contributed by atoms with Gasteiger partial charge in [-0.05, 0) is 0 Å². The van der Waals surface area contributed by atoms with Crippen LogP contribution >= 0.6 is 0 Å². The topological polar surface area (TPSA) is 68.2 Å². The van der Waals surface area contributed by atoms with Crippen LogP contribution in [0.15, 0.2) is 6.07 Å². The molecule has 0 aliphatic rings. The van der Waals surface area contributed by atoms with E-state index in [2.05, 4.69) is 36.5 Å². The van der Waals surface area contributed by atoms with E-state index >= 15 is 0 Å². The summed E-state index contributed by atoms with van der Waals surface area (Å²) in [6.45, 7) is 7.78. The number of carbonyl (C=O) groups excluding carboxylic acids is 1. The molecule has 6 heteroatoms. The monoisotopic (exact) mass is 268 g/mol. The summed E-state index contributed by atoms with van der Waals surface area (Å²) in [5.74, 6) is 0.628. The van der Waals surface area contributed by atoms with Gasteiger partial charge in [0, 0.05) is 32.2 Å². The van der Waals surface area contributed by atoms with Crippen molar-refractivity contribution in [1.82, 2.24) is 15.1 Å². The number of amides is 1. The molecule has 0 spiro atoms. The summed E-state index contributed by atoms with van der Waals surface area (Å²) in [5, 5.41) is 10.2. The first kappa shape index (κ1) is 15.7. The molecule has 6 nitrogen and oxygen atoms in total. The fourth-order valence-corrected chi connectivity index (χ4v) is 1.51. The van der Waals surface area contributed by atoms with Gasteiger partial charge in [0.25, 0.3) is 0 Å². The molecule has 0 atom stereocenters. The molecular weight excluding hydrogens is 244 g/mol. The van der Waals surface area contributed by atoms with Crippen LogP contribution in [0.1, 0.15) is 26.5 Å². The molecule has 0 saturated carbocycles. The average molecular weight is 268 g/mol. The van der Waals surface area contributed by atoms with Crippen LogP contribution in [0.4, 0.5) is 5.82 Å². The highest BCUT2D eigenvalue weighted by Gasteiger charge is 2.19. The summed E-state index contributed by atoms with van der Waals surface area (Å²) in [7, 11) is 3.45. The Labute approximate surface area is 114 Å². The van der Waals surface area contributed by atoms with Crippen molar-refractivity contribution in [1.29, 1.82) is 0 Å². The van der Waals surface area contributed by atoms with Gasteiger partial charge in [-0.25, -0.2) is 0 Å². The van der Waals surface area contributed by atoms with Crippen molar-refractivity contribution < 1.29 is 9.53 Å². The first-order valence-electron chi connectivity index (χ1n) is 6.38. The Balaban J connectivity index is 2.53. The van der Waals surface area contributed by atoms with E-state index in [1.165, 1.54) is 0 Å². The van der Waals surface area contributed by atoms with Crippen molar-refractivity contribution in [2.75, 3.05) is 32.1 Å². The molecule has 0 unspecified atom stereocenters. The Morgan fingerprint density at radius 3 is 2.68 bits per heavy atom. The number of carbonyl (C=O) groups is 1. The van der Waals surface area contributed by atoms with E-state index in [0.29, 0.717) is 19.0 Å². The van der Waals surface area contributed by atoms with Crippen LogP contribution in [-0.2, 0) is 22.0 Å². The van der Waals surface area contributed by atoms with Crippen molar-refractivity contribution in [3.05, 3.63) is 11.8 Å². The molecule has 1 heterocycles. The Bertz CT molecular complexity index is 421. The molecule has 1 rings (SSSR count). The van der Waals surface area contributed by atoms with Gasteiger partial charge in [0.2, 0.25) is 5.91 Å². The standard InChI is InChI=1S/C13H24N4O2/c1-13(2,3)10-8-11(17(4)16-10)15-12(18)9-14-6-7-19-5/h8,14H,6-7,9H2,1-5H3,(H,15,18). The molecular formula is C13H24N4O2. The molecule has 0 aromatic carbocycles. The number of nitrogens with zero attached hydrogens (tertiary/aromatic N) is 2. The van der Waals surface area contributed by atoms with Gasteiger partial charge in [0.05, 0.1) is 18.8 Å². The predicted octanol–water partition coefficient (Wildman–Crippen LogP) is 0.892. The van der Waals surface area contributed by atoms with Crippen LogP contribution < -0.4 is 10.6 Å². The van der Waals surface area contributed by atoms with Crippen LogP contribution in [0.5, 0.6) is 0 Å². The maximum Gasteiger partial charge on any atom is 0.239 e. The van der Waals surface area contributed by atoms with Gasteiger partial charge in [0.15, 0.2) is 0 Å². The van der Waals surface area contributed by atoms with Gasteiger partial charge in [-0.1, -0.05) is 20.8 Å². The summed E-state index contributed by atoms with van der Waals surface area (Å²) in [4.78, 5) is 11.7. The minimum absolute atomic E-state index is 0.0303. The van der Waals surface area contributed by atoms with E-state index < -0.39 is 0 Å². The summed E-state index contributed by atoms with van der Waals surface area (Å²) in [6, 6.07) is 1.91. The molecule has 108 valence electrons. The van der Waals surface area contributed by atoms with Gasteiger partial charge in [-0.3, -0.25) is 9.48 Å². The quantitative estimate of drug-likeness (QED) is 0.752. The van der Waals surface area contributed by atoms with Gasteiger partial charge >= 0.3 is 0 Å². The lowest BCUT2D eigenvalue weighted by Crippen LogP contribution is -2.30. The Hall–Kier alpha value is -1.40. The molecule has 1 aromatic rings. The highest BCUT2D eigenvalue weighted by atomic mass is 16.5. The van der Waals surface area contributed by atoms with E-state index in [0.717, 1.165) is 5.69 Å². The zero-order valence-corrected chi connectivity index (χ0v) is 12.4. The minimum Gasteiger partial charge on any atom is -0.383 e. The number of ether oxygens (including phenoxy) is 1. The van der Waals surface area contributed by atoms with Crippen LogP contribution in [-0.4, -0.2) is 42.5 Å². The number of methoxy groups -OCH3 is 1. The highest BCUT2D eigenvalue weighted by molar-refractivity contribution is 5.91. The molecule has 2 N–H and O–H groups in total. The van der Waals surface area contributed by atoms with Crippen molar-refractivity contribution in [2.45, 2.75) is 26.2 Å². The second-order valence-electron chi connectivity index (χ2n) is 5.51. The number of hydrogen-bond acceptors (Lipinski definition) is 4. The molecule has 0 fully saturated rings. The van der Waals surface area contributed by atoms with E-state index in [1.807, 2.05) is 13.1 Å². The van der Waals surface area contributed by atoms with Crippen molar-refractivity contribution in [2.24, 2.45) is 7.05 Å². The maximum absolute atomic E-state index is 11.7. The van der Waals surface area contributed by atoms with Gasteiger partial charge in [-0.15, -0.1) is 0 Å². The minimum atomic E-state index is -0.0837. The van der Waals surface area contributed by atoms with Gasteiger partial charge in [-0.2, -0.15) is 5.10 Å². The molecule has 0 aliphatic heterocycles. The van der Waals surface area contributed by atoms with Crippen LogP contribution in [0.25, 0.3) is 0 Å². The second kappa shape index (κ2) is 6.68. The third-order valence-corrected chi connectivity index (χ3v) is 2.68. The molecule has 0 saturated heterocycles. The third-order valence-electron chi connectivity index (χ3n) is 2.68. The van der Waals surface area contributed by atoms with E-state index in [-0.39, 0.29) is 17.9 Å². The smallest absolute Gasteiger partial charge is 0.239 e. The summed E-state index contributed by atoms with van der Waals surface area (Å²) >= 11 is 0. The molecule has 0 radical (unpaired) electrons. The average Bonchev–Trinajstić information content (AvgIpc) is 2.66. The zero-order chi connectivity index (χ0) is 14.5. The number of aromatic nitrogens is 2. The second-order valence-corrected chi connectivity index (χ2v) is 5.51. The van der Waals surface area contributed by atoms with Crippen LogP contribution in [0, 0.1) is 0 Å². The normalized spacial score (nSPS) is 11.6. The number of anilines is 1. The van der Waals surface area contributed by atoms with Crippen LogP contribution in [0.2, 0.25) is 0 Å². The number of hydrogen-bond donors (Lipinski definition) is 2. The number of aryl methyl sites for hydroxylation is 1.